The number of carbonyl (C=O) groups excluding carboxylic acids is 1. The first-order chi connectivity index (χ1) is 8.49. The van der Waals surface area contributed by atoms with E-state index in [1.54, 1.807) is 31.0 Å². The minimum absolute atomic E-state index is 0.0452. The van der Waals surface area contributed by atoms with Gasteiger partial charge in [0, 0.05) is 19.7 Å². The van der Waals surface area contributed by atoms with Crippen LogP contribution in [0.3, 0.4) is 0 Å². The third kappa shape index (κ3) is 5.15. The van der Waals surface area contributed by atoms with Crippen LogP contribution >= 0.6 is 0 Å². The lowest BCUT2D eigenvalue weighted by atomic mass is 10.1. The lowest BCUT2D eigenvalue weighted by Crippen LogP contribution is -2.27. The number of hydrogen-bond donors (Lipinski definition) is 1. The number of hydrogen-bond acceptors (Lipinski definition) is 2. The molecule has 1 aromatic rings. The summed E-state index contributed by atoms with van der Waals surface area (Å²) in [5.74, 6) is -0.0452. The Kier molecular flexibility index (Phi) is 5.59. The Morgan fingerprint density at radius 1 is 1.39 bits per heavy atom. The Labute approximate surface area is 109 Å². The summed E-state index contributed by atoms with van der Waals surface area (Å²) in [5, 5.41) is 9.16. The molecule has 0 radical (unpaired) electrons. The fraction of sp³-hybridized carbons (Fsp3) is 0.400. The summed E-state index contributed by atoms with van der Waals surface area (Å²) in [4.78, 5) is 13.4. The number of likely N-dealkylation sites (N-methyl/N-ethyl adjacent to an activating group) is 1. The maximum absolute atomic E-state index is 11.8. The Morgan fingerprint density at radius 2 is 2.00 bits per heavy atom. The van der Waals surface area contributed by atoms with Crippen LogP contribution in [0.15, 0.2) is 30.3 Å². The number of aliphatic hydroxyl groups excluding tert-OH is 1. The van der Waals surface area contributed by atoms with Crippen LogP contribution in [0.5, 0.6) is 0 Å². The molecule has 0 saturated heterocycles. The van der Waals surface area contributed by atoms with Gasteiger partial charge in [-0.05, 0) is 31.9 Å². The number of rotatable bonds is 5. The zero-order chi connectivity index (χ0) is 13.5. The maximum Gasteiger partial charge on any atom is 0.246 e. The smallest absolute Gasteiger partial charge is 0.246 e. The molecule has 3 heteroatoms. The van der Waals surface area contributed by atoms with E-state index in [9.17, 15) is 4.79 Å². The molecule has 0 heterocycles. The number of nitrogens with zero attached hydrogens (tertiary/aromatic N) is 1. The molecular formula is C15H21NO2. The average molecular weight is 247 g/mol. The van der Waals surface area contributed by atoms with E-state index in [0.29, 0.717) is 13.0 Å². The summed E-state index contributed by atoms with van der Waals surface area (Å²) in [6.45, 7) is 4.32. The Morgan fingerprint density at radius 3 is 2.56 bits per heavy atom. The van der Waals surface area contributed by atoms with Gasteiger partial charge in [0.25, 0.3) is 0 Å². The third-order valence-corrected chi connectivity index (χ3v) is 2.75. The van der Waals surface area contributed by atoms with Crippen molar-refractivity contribution in [3.63, 3.8) is 0 Å². The van der Waals surface area contributed by atoms with Gasteiger partial charge in [0.15, 0.2) is 0 Å². The summed E-state index contributed by atoms with van der Waals surface area (Å²) >= 11 is 0. The van der Waals surface area contributed by atoms with E-state index < -0.39 is 0 Å². The molecule has 1 atom stereocenters. The highest BCUT2D eigenvalue weighted by Crippen LogP contribution is 2.05. The topological polar surface area (TPSA) is 40.5 Å². The van der Waals surface area contributed by atoms with Crippen LogP contribution in [0.25, 0.3) is 6.08 Å². The molecule has 98 valence electrons. The second-order valence-electron chi connectivity index (χ2n) is 4.64. The van der Waals surface area contributed by atoms with E-state index >= 15 is 0 Å². The van der Waals surface area contributed by atoms with Crippen LogP contribution in [-0.4, -0.2) is 35.6 Å². The highest BCUT2D eigenvalue weighted by atomic mass is 16.3. The fourth-order valence-corrected chi connectivity index (χ4v) is 1.46. The molecule has 0 aliphatic carbocycles. The van der Waals surface area contributed by atoms with Gasteiger partial charge in [-0.1, -0.05) is 29.8 Å². The van der Waals surface area contributed by atoms with Gasteiger partial charge in [-0.15, -0.1) is 0 Å². The SMILES string of the molecule is Cc1ccc(/C=C/C(=O)N(C)CCC(C)O)cc1. The predicted octanol–water partition coefficient (Wildman–Crippen LogP) is 2.24. The summed E-state index contributed by atoms with van der Waals surface area (Å²) in [7, 11) is 1.74. The third-order valence-electron chi connectivity index (χ3n) is 2.75. The average Bonchev–Trinajstić information content (AvgIpc) is 2.34. The number of benzene rings is 1. The van der Waals surface area contributed by atoms with E-state index in [0.717, 1.165) is 5.56 Å². The highest BCUT2D eigenvalue weighted by molar-refractivity contribution is 5.91. The quantitative estimate of drug-likeness (QED) is 0.811. The van der Waals surface area contributed by atoms with Crippen molar-refractivity contribution in [2.24, 2.45) is 0 Å². The van der Waals surface area contributed by atoms with Crippen molar-refractivity contribution in [1.29, 1.82) is 0 Å². The van der Waals surface area contributed by atoms with Crippen molar-refractivity contribution in [3.05, 3.63) is 41.5 Å². The molecule has 0 bridgehead atoms. The molecule has 0 aliphatic rings. The van der Waals surface area contributed by atoms with Gasteiger partial charge in [0.2, 0.25) is 5.91 Å². The molecular weight excluding hydrogens is 226 g/mol. The molecule has 1 amide bonds. The maximum atomic E-state index is 11.8. The summed E-state index contributed by atoms with van der Waals surface area (Å²) in [6.07, 6.45) is 3.59. The first-order valence-corrected chi connectivity index (χ1v) is 6.17. The molecule has 1 N–H and O–H groups in total. The van der Waals surface area contributed by atoms with Crippen molar-refractivity contribution < 1.29 is 9.90 Å². The van der Waals surface area contributed by atoms with E-state index in [1.807, 2.05) is 31.2 Å². The van der Waals surface area contributed by atoms with Gasteiger partial charge >= 0.3 is 0 Å². The zero-order valence-electron chi connectivity index (χ0n) is 11.3. The van der Waals surface area contributed by atoms with Crippen LogP contribution in [0.2, 0.25) is 0 Å². The zero-order valence-corrected chi connectivity index (χ0v) is 11.3. The monoisotopic (exact) mass is 247 g/mol. The Bertz CT molecular complexity index is 407. The van der Waals surface area contributed by atoms with Crippen molar-refractivity contribution in [3.8, 4) is 0 Å². The molecule has 1 aromatic carbocycles. The second-order valence-corrected chi connectivity index (χ2v) is 4.64. The summed E-state index contributed by atoms with van der Waals surface area (Å²) < 4.78 is 0. The van der Waals surface area contributed by atoms with Gasteiger partial charge in [-0.3, -0.25) is 4.79 Å². The second kappa shape index (κ2) is 6.97. The molecule has 3 nitrogen and oxygen atoms in total. The number of amides is 1. The van der Waals surface area contributed by atoms with E-state index in [1.165, 1.54) is 5.56 Å². The predicted molar refractivity (Wildman–Crippen MR) is 74.1 cm³/mol. The minimum atomic E-state index is -0.374. The van der Waals surface area contributed by atoms with Crippen molar-refractivity contribution in [2.75, 3.05) is 13.6 Å². The molecule has 0 saturated carbocycles. The van der Waals surface area contributed by atoms with E-state index in [-0.39, 0.29) is 12.0 Å². The number of aryl methyl sites for hydroxylation is 1. The number of aliphatic hydroxyl groups is 1. The van der Waals surface area contributed by atoms with Gasteiger partial charge < -0.3 is 10.0 Å². The van der Waals surface area contributed by atoms with Gasteiger partial charge in [0.05, 0.1) is 6.10 Å². The lowest BCUT2D eigenvalue weighted by molar-refractivity contribution is -0.124. The van der Waals surface area contributed by atoms with E-state index in [4.69, 9.17) is 5.11 Å². The first-order valence-electron chi connectivity index (χ1n) is 6.17. The van der Waals surface area contributed by atoms with Crippen LogP contribution < -0.4 is 0 Å². The number of carbonyl (C=O) groups is 1. The highest BCUT2D eigenvalue weighted by Gasteiger charge is 2.05. The minimum Gasteiger partial charge on any atom is -0.393 e. The molecule has 1 unspecified atom stereocenters. The van der Waals surface area contributed by atoms with Crippen LogP contribution in [0.4, 0.5) is 0 Å². The normalized spacial score (nSPS) is 12.7. The van der Waals surface area contributed by atoms with Crippen molar-refractivity contribution in [1.82, 2.24) is 4.90 Å². The summed E-state index contributed by atoms with van der Waals surface area (Å²) in [6, 6.07) is 7.99. The molecule has 18 heavy (non-hydrogen) atoms. The van der Waals surface area contributed by atoms with Gasteiger partial charge in [0.1, 0.15) is 0 Å². The standard InChI is InChI=1S/C15H21NO2/c1-12-4-6-14(7-5-12)8-9-15(18)16(3)11-10-13(2)17/h4-9,13,17H,10-11H2,1-3H3/b9-8+. The summed E-state index contributed by atoms with van der Waals surface area (Å²) in [5.41, 5.74) is 2.21. The van der Waals surface area contributed by atoms with Crippen LogP contribution in [-0.2, 0) is 4.79 Å². The molecule has 0 fully saturated rings. The van der Waals surface area contributed by atoms with Crippen molar-refractivity contribution in [2.45, 2.75) is 26.4 Å². The Balaban J connectivity index is 2.50. The molecule has 0 aromatic heterocycles. The van der Waals surface area contributed by atoms with Crippen LogP contribution in [0, 0.1) is 6.92 Å². The Hall–Kier alpha value is -1.61. The molecule has 0 aliphatic heterocycles. The van der Waals surface area contributed by atoms with Crippen molar-refractivity contribution >= 4 is 12.0 Å². The first kappa shape index (κ1) is 14.5. The molecule has 1 rings (SSSR count). The van der Waals surface area contributed by atoms with Crippen LogP contribution in [0.1, 0.15) is 24.5 Å². The fourth-order valence-electron chi connectivity index (χ4n) is 1.46. The van der Waals surface area contributed by atoms with Gasteiger partial charge in [-0.2, -0.15) is 0 Å². The van der Waals surface area contributed by atoms with Gasteiger partial charge in [-0.25, -0.2) is 0 Å². The lowest BCUT2D eigenvalue weighted by Gasteiger charge is -2.15. The largest absolute Gasteiger partial charge is 0.393 e. The van der Waals surface area contributed by atoms with E-state index in [2.05, 4.69) is 0 Å². The molecule has 0 spiro atoms.